The molecule has 0 bridgehead atoms. The number of carbonyl (C=O) groups is 6. The molecule has 0 aromatic heterocycles. The minimum Gasteiger partial charge on any atom is -0.508 e. The predicted octanol–water partition coefficient (Wildman–Crippen LogP) is -1.02. The third-order valence-corrected chi connectivity index (χ3v) is 5.65. The van der Waals surface area contributed by atoms with Crippen LogP contribution < -0.4 is 27.4 Å². The maximum atomic E-state index is 13.1. The number of rotatable bonds is 17. The molecule has 0 spiro atoms. The third kappa shape index (κ3) is 12.7. The van der Waals surface area contributed by atoms with Gasteiger partial charge in [-0.25, -0.2) is 4.79 Å². The number of nitrogens with two attached hydrogens (primary N) is 2. The van der Waals surface area contributed by atoms with Crippen LogP contribution in [0, 0.1) is 5.92 Å². The molecule has 4 atom stereocenters. The first-order valence-corrected chi connectivity index (χ1v) is 12.4. The Morgan fingerprint density at radius 2 is 1.28 bits per heavy atom. The first-order chi connectivity index (χ1) is 18.2. The van der Waals surface area contributed by atoms with Crippen molar-refractivity contribution < 1.29 is 44.1 Å². The van der Waals surface area contributed by atoms with Gasteiger partial charge in [-0.05, 0) is 42.9 Å². The topological polar surface area (TPSA) is 251 Å². The number of nitrogens with one attached hydrogen (secondary N) is 3. The summed E-state index contributed by atoms with van der Waals surface area (Å²) < 4.78 is 0. The Morgan fingerprint density at radius 1 is 0.795 bits per heavy atom. The van der Waals surface area contributed by atoms with Crippen molar-refractivity contribution in [3.8, 4) is 5.75 Å². The number of carboxylic acid groups (broad SMARTS) is 2. The second-order valence-corrected chi connectivity index (χ2v) is 9.57. The Balaban J connectivity index is 3.08. The van der Waals surface area contributed by atoms with E-state index in [-0.39, 0.29) is 37.4 Å². The van der Waals surface area contributed by atoms with Gasteiger partial charge >= 0.3 is 11.9 Å². The first-order valence-electron chi connectivity index (χ1n) is 12.4. The third-order valence-electron chi connectivity index (χ3n) is 5.65. The number of phenols is 1. The molecule has 1 aromatic carbocycles. The number of amides is 4. The SMILES string of the molecule is CC(C)CC(N)C(=O)NC(CCC(N)=O)C(=O)NC(CCC(=O)O)C(=O)NC(Cc1ccc(O)cc1)C(=O)O. The molecule has 14 heteroatoms. The zero-order valence-corrected chi connectivity index (χ0v) is 21.9. The molecule has 1 aromatic rings. The molecular formula is C25H37N5O9. The Labute approximate surface area is 225 Å². The summed E-state index contributed by atoms with van der Waals surface area (Å²) in [4.78, 5) is 72.8. The van der Waals surface area contributed by atoms with Gasteiger partial charge in [0.15, 0.2) is 0 Å². The van der Waals surface area contributed by atoms with E-state index in [1.807, 2.05) is 13.8 Å². The molecule has 0 aliphatic rings. The first kappa shape index (κ1) is 32.8. The van der Waals surface area contributed by atoms with Crippen molar-refractivity contribution >= 4 is 35.6 Å². The van der Waals surface area contributed by atoms with Crippen LogP contribution in [0.3, 0.4) is 0 Å². The van der Waals surface area contributed by atoms with Crippen LogP contribution in [0.5, 0.6) is 5.75 Å². The van der Waals surface area contributed by atoms with Gasteiger partial charge in [-0.15, -0.1) is 0 Å². The van der Waals surface area contributed by atoms with E-state index in [1.54, 1.807) is 0 Å². The molecule has 4 amide bonds. The van der Waals surface area contributed by atoms with Gasteiger partial charge in [-0.1, -0.05) is 26.0 Å². The maximum Gasteiger partial charge on any atom is 0.326 e. The summed E-state index contributed by atoms with van der Waals surface area (Å²) >= 11 is 0. The number of primary amides is 1. The summed E-state index contributed by atoms with van der Waals surface area (Å²) in [5, 5.41) is 35.2. The van der Waals surface area contributed by atoms with Crippen LogP contribution in [0.1, 0.15) is 51.5 Å². The van der Waals surface area contributed by atoms with E-state index in [0.29, 0.717) is 12.0 Å². The Bertz CT molecular complexity index is 1030. The number of benzene rings is 1. The van der Waals surface area contributed by atoms with E-state index in [2.05, 4.69) is 16.0 Å². The summed E-state index contributed by atoms with van der Waals surface area (Å²) in [6, 6.07) is 0.443. The van der Waals surface area contributed by atoms with E-state index in [4.69, 9.17) is 16.6 Å². The van der Waals surface area contributed by atoms with E-state index < -0.39 is 66.2 Å². The normalized spacial score (nSPS) is 13.9. The van der Waals surface area contributed by atoms with E-state index >= 15 is 0 Å². The lowest BCUT2D eigenvalue weighted by molar-refractivity contribution is -0.143. The smallest absolute Gasteiger partial charge is 0.326 e. The summed E-state index contributed by atoms with van der Waals surface area (Å²) in [7, 11) is 0. The van der Waals surface area contributed by atoms with Crippen LogP contribution in [0.15, 0.2) is 24.3 Å². The molecule has 0 fully saturated rings. The van der Waals surface area contributed by atoms with Crippen molar-refractivity contribution in [3.05, 3.63) is 29.8 Å². The highest BCUT2D eigenvalue weighted by atomic mass is 16.4. The van der Waals surface area contributed by atoms with Crippen molar-refractivity contribution in [2.24, 2.45) is 17.4 Å². The Hall–Kier alpha value is -4.20. The Kier molecular flexibility index (Phi) is 13.4. The highest BCUT2D eigenvalue weighted by molar-refractivity contribution is 5.94. The van der Waals surface area contributed by atoms with Gasteiger partial charge in [0, 0.05) is 19.3 Å². The van der Waals surface area contributed by atoms with Crippen LogP contribution in [-0.4, -0.2) is 75.1 Å². The highest BCUT2D eigenvalue weighted by Gasteiger charge is 2.31. The van der Waals surface area contributed by atoms with Gasteiger partial charge in [0.2, 0.25) is 23.6 Å². The molecule has 14 nitrogen and oxygen atoms in total. The maximum absolute atomic E-state index is 13.1. The number of aliphatic carboxylic acids is 2. The molecule has 4 unspecified atom stereocenters. The van der Waals surface area contributed by atoms with E-state index in [9.17, 15) is 39.0 Å². The number of aromatic hydroxyl groups is 1. The average Bonchev–Trinajstić information content (AvgIpc) is 2.83. The van der Waals surface area contributed by atoms with Crippen LogP contribution in [-0.2, 0) is 35.2 Å². The molecule has 10 N–H and O–H groups in total. The molecule has 216 valence electrons. The zero-order chi connectivity index (χ0) is 29.7. The number of phenolic OH excluding ortho intramolecular Hbond substituents is 1. The molecule has 0 heterocycles. The van der Waals surface area contributed by atoms with Crippen molar-refractivity contribution in [1.29, 1.82) is 0 Å². The molecule has 1 rings (SSSR count). The van der Waals surface area contributed by atoms with Gasteiger partial charge in [0.1, 0.15) is 23.9 Å². The van der Waals surface area contributed by atoms with Gasteiger partial charge in [-0.3, -0.25) is 24.0 Å². The van der Waals surface area contributed by atoms with Crippen molar-refractivity contribution in [2.75, 3.05) is 0 Å². The average molecular weight is 552 g/mol. The second kappa shape index (κ2) is 15.9. The number of hydrogen-bond acceptors (Lipinski definition) is 8. The highest BCUT2D eigenvalue weighted by Crippen LogP contribution is 2.12. The van der Waals surface area contributed by atoms with Crippen LogP contribution >= 0.6 is 0 Å². The number of carbonyl (C=O) groups excluding carboxylic acids is 4. The fourth-order valence-corrected chi connectivity index (χ4v) is 3.60. The lowest BCUT2D eigenvalue weighted by Crippen LogP contribution is -2.57. The van der Waals surface area contributed by atoms with E-state index in [0.717, 1.165) is 0 Å². The number of carboxylic acids is 2. The summed E-state index contributed by atoms with van der Waals surface area (Å²) in [6.07, 6.45) is -1.26. The monoisotopic (exact) mass is 551 g/mol. The predicted molar refractivity (Wildman–Crippen MR) is 138 cm³/mol. The second-order valence-electron chi connectivity index (χ2n) is 9.57. The minimum atomic E-state index is -1.48. The van der Waals surface area contributed by atoms with Gasteiger partial charge in [0.25, 0.3) is 0 Å². The molecule has 0 saturated carbocycles. The molecule has 0 radical (unpaired) electrons. The van der Waals surface area contributed by atoms with Gasteiger partial charge in [-0.2, -0.15) is 0 Å². The van der Waals surface area contributed by atoms with Crippen molar-refractivity contribution in [1.82, 2.24) is 16.0 Å². The summed E-state index contributed by atoms with van der Waals surface area (Å²) in [6.45, 7) is 3.70. The summed E-state index contributed by atoms with van der Waals surface area (Å²) in [5.41, 5.74) is 11.5. The van der Waals surface area contributed by atoms with Crippen molar-refractivity contribution in [2.45, 2.75) is 76.5 Å². The standard InChI is InChI=1S/C25H37N5O9/c1-13(2)11-16(26)22(35)28-17(7-9-20(27)32)23(36)29-18(8-10-21(33)34)24(37)30-19(25(38)39)12-14-3-5-15(31)6-4-14/h3-6,13,16-19,31H,7-12,26H2,1-2H3,(H2,27,32)(H,28,35)(H,29,36)(H,30,37)(H,33,34)(H,38,39). The van der Waals surface area contributed by atoms with Crippen LogP contribution in [0.4, 0.5) is 0 Å². The van der Waals surface area contributed by atoms with Crippen molar-refractivity contribution in [3.63, 3.8) is 0 Å². The largest absolute Gasteiger partial charge is 0.508 e. The van der Waals surface area contributed by atoms with E-state index in [1.165, 1.54) is 24.3 Å². The Morgan fingerprint density at radius 3 is 1.74 bits per heavy atom. The quantitative estimate of drug-likeness (QED) is 0.117. The zero-order valence-electron chi connectivity index (χ0n) is 21.9. The lowest BCUT2D eigenvalue weighted by atomic mass is 10.0. The lowest BCUT2D eigenvalue weighted by Gasteiger charge is -2.25. The fourth-order valence-electron chi connectivity index (χ4n) is 3.60. The van der Waals surface area contributed by atoms with Gasteiger partial charge < -0.3 is 42.7 Å². The molecule has 39 heavy (non-hydrogen) atoms. The summed E-state index contributed by atoms with van der Waals surface area (Å²) in [5.74, 6) is -5.88. The van der Waals surface area contributed by atoms with Crippen LogP contribution in [0.25, 0.3) is 0 Å². The minimum absolute atomic E-state index is 0.0331. The van der Waals surface area contributed by atoms with Crippen LogP contribution in [0.2, 0.25) is 0 Å². The number of hydrogen-bond donors (Lipinski definition) is 8. The fraction of sp³-hybridized carbons (Fsp3) is 0.520. The molecule has 0 aliphatic carbocycles. The molecule has 0 saturated heterocycles. The van der Waals surface area contributed by atoms with Gasteiger partial charge in [0.05, 0.1) is 6.04 Å². The molecular weight excluding hydrogens is 514 g/mol. The molecule has 0 aliphatic heterocycles.